The second-order valence-electron chi connectivity index (χ2n) is 4.88. The fourth-order valence-corrected chi connectivity index (χ4v) is 2.07. The minimum Gasteiger partial charge on any atom is -0.237 e. The van der Waals surface area contributed by atoms with E-state index in [4.69, 9.17) is 0 Å². The van der Waals surface area contributed by atoms with E-state index in [2.05, 4.69) is 19.9 Å². The zero-order valence-electron chi connectivity index (χ0n) is 13.0. The summed E-state index contributed by atoms with van der Waals surface area (Å²) in [5, 5.41) is 0. The van der Waals surface area contributed by atoms with Gasteiger partial charge in [-0.3, -0.25) is 0 Å². The molecule has 0 N–H and O–H groups in total. The van der Waals surface area contributed by atoms with Gasteiger partial charge < -0.3 is 0 Å². The van der Waals surface area contributed by atoms with Crippen LogP contribution in [-0.2, 0) is 0 Å². The quantitative estimate of drug-likeness (QED) is 0.554. The normalized spacial score (nSPS) is 9.67. The Morgan fingerprint density at radius 1 is 0.375 bits per heavy atom. The first-order chi connectivity index (χ1) is 11.9. The van der Waals surface area contributed by atoms with Crippen molar-refractivity contribution in [1.82, 2.24) is 19.9 Å². The second kappa shape index (κ2) is 8.29. The van der Waals surface area contributed by atoms with E-state index in [0.29, 0.717) is 0 Å². The van der Waals surface area contributed by atoms with Crippen LogP contribution in [0.25, 0.3) is 22.8 Å². The van der Waals surface area contributed by atoms with Gasteiger partial charge in [0.25, 0.3) is 0 Å². The van der Waals surface area contributed by atoms with Gasteiger partial charge in [-0.1, -0.05) is 60.7 Å². The molecule has 0 aliphatic heterocycles. The van der Waals surface area contributed by atoms with Crippen molar-refractivity contribution in [2.45, 2.75) is 0 Å². The fourth-order valence-electron chi connectivity index (χ4n) is 2.07. The van der Waals surface area contributed by atoms with Crippen LogP contribution >= 0.6 is 0 Å². The van der Waals surface area contributed by atoms with Crippen molar-refractivity contribution in [3.8, 4) is 22.8 Å². The van der Waals surface area contributed by atoms with E-state index in [9.17, 15) is 0 Å². The maximum Gasteiger partial charge on any atom is 0.159 e. The summed E-state index contributed by atoms with van der Waals surface area (Å²) in [5.41, 5.74) is 2.11. The molecule has 0 saturated carbocycles. The number of nitrogens with zero attached hydrogens (tertiary/aromatic N) is 4. The SMILES string of the molecule is c1ccc(-c2ncccn2)cc1.c1ccc(-c2ncccn2)cc1. The van der Waals surface area contributed by atoms with Crippen LogP contribution in [0.4, 0.5) is 0 Å². The first kappa shape index (κ1) is 15.5. The van der Waals surface area contributed by atoms with Gasteiger partial charge in [-0.2, -0.15) is 0 Å². The molecule has 0 saturated heterocycles. The van der Waals surface area contributed by atoms with Crippen molar-refractivity contribution in [2.75, 3.05) is 0 Å². The molecule has 2 aromatic heterocycles. The molecule has 2 aromatic carbocycles. The maximum absolute atomic E-state index is 4.14. The molecule has 4 rings (SSSR count). The predicted octanol–water partition coefficient (Wildman–Crippen LogP) is 4.29. The summed E-state index contributed by atoms with van der Waals surface area (Å²) in [7, 11) is 0. The molecule has 4 nitrogen and oxygen atoms in total. The van der Waals surface area contributed by atoms with Crippen LogP contribution in [0.2, 0.25) is 0 Å². The number of aromatic nitrogens is 4. The fraction of sp³-hybridized carbons (Fsp3) is 0. The van der Waals surface area contributed by atoms with Gasteiger partial charge in [-0.25, -0.2) is 19.9 Å². The van der Waals surface area contributed by atoms with E-state index < -0.39 is 0 Å². The molecule has 0 aliphatic rings. The van der Waals surface area contributed by atoms with Gasteiger partial charge in [0.2, 0.25) is 0 Å². The molecule has 4 heteroatoms. The minimum atomic E-state index is 0.776. The Morgan fingerprint density at radius 2 is 0.708 bits per heavy atom. The number of benzene rings is 2. The van der Waals surface area contributed by atoms with Crippen LogP contribution in [0.1, 0.15) is 0 Å². The summed E-state index contributed by atoms with van der Waals surface area (Å²) >= 11 is 0. The highest BCUT2D eigenvalue weighted by molar-refractivity contribution is 5.54. The van der Waals surface area contributed by atoms with Crippen LogP contribution in [0.5, 0.6) is 0 Å². The van der Waals surface area contributed by atoms with E-state index in [-0.39, 0.29) is 0 Å². The molecule has 0 aliphatic carbocycles. The predicted molar refractivity (Wildman–Crippen MR) is 94.9 cm³/mol. The van der Waals surface area contributed by atoms with Crippen molar-refractivity contribution < 1.29 is 0 Å². The average Bonchev–Trinajstić information content (AvgIpc) is 2.71. The summed E-state index contributed by atoms with van der Waals surface area (Å²) in [6.07, 6.45) is 6.98. The Kier molecular flexibility index (Phi) is 5.35. The Morgan fingerprint density at radius 3 is 1.04 bits per heavy atom. The van der Waals surface area contributed by atoms with Crippen LogP contribution < -0.4 is 0 Å². The Labute approximate surface area is 140 Å². The van der Waals surface area contributed by atoms with E-state index in [1.54, 1.807) is 24.8 Å². The largest absolute Gasteiger partial charge is 0.237 e. The molecule has 2 heterocycles. The van der Waals surface area contributed by atoms with Gasteiger partial charge in [0, 0.05) is 35.9 Å². The maximum atomic E-state index is 4.14. The molecular weight excluding hydrogens is 296 g/mol. The molecule has 0 unspecified atom stereocenters. The third-order valence-corrected chi connectivity index (χ3v) is 3.20. The van der Waals surface area contributed by atoms with Crippen LogP contribution in [-0.4, -0.2) is 19.9 Å². The van der Waals surface area contributed by atoms with Crippen LogP contribution in [0.15, 0.2) is 97.6 Å². The highest BCUT2D eigenvalue weighted by Gasteiger charge is 1.96. The lowest BCUT2D eigenvalue weighted by Crippen LogP contribution is -1.84. The smallest absolute Gasteiger partial charge is 0.159 e. The molecule has 0 atom stereocenters. The lowest BCUT2D eigenvalue weighted by molar-refractivity contribution is 1.18. The third-order valence-electron chi connectivity index (χ3n) is 3.20. The van der Waals surface area contributed by atoms with Gasteiger partial charge in [-0.15, -0.1) is 0 Å². The lowest BCUT2D eigenvalue weighted by atomic mass is 10.2. The molecule has 0 amide bonds. The van der Waals surface area contributed by atoms with E-state index in [1.165, 1.54) is 0 Å². The van der Waals surface area contributed by atoms with Gasteiger partial charge in [0.05, 0.1) is 0 Å². The molecule has 0 fully saturated rings. The number of hydrogen-bond acceptors (Lipinski definition) is 4. The second-order valence-corrected chi connectivity index (χ2v) is 4.88. The average molecular weight is 312 g/mol. The van der Waals surface area contributed by atoms with Crippen molar-refractivity contribution in [3.63, 3.8) is 0 Å². The molecule has 0 bridgehead atoms. The van der Waals surface area contributed by atoms with Crippen molar-refractivity contribution in [2.24, 2.45) is 0 Å². The standard InChI is InChI=1S/2C10H8N2/c2*1-2-5-9(6-3-1)10-11-7-4-8-12-10/h2*1-8H. The molecule has 0 spiro atoms. The van der Waals surface area contributed by atoms with Crippen LogP contribution in [0.3, 0.4) is 0 Å². The molecule has 4 aromatic rings. The zero-order chi connectivity index (χ0) is 16.5. The van der Waals surface area contributed by atoms with Crippen LogP contribution in [0, 0.1) is 0 Å². The molecule has 116 valence electrons. The highest BCUT2D eigenvalue weighted by Crippen LogP contribution is 2.12. The third kappa shape index (κ3) is 4.30. The Balaban J connectivity index is 0.000000141. The Hall–Kier alpha value is -3.40. The lowest BCUT2D eigenvalue weighted by Gasteiger charge is -1.96. The number of hydrogen-bond donors (Lipinski definition) is 0. The van der Waals surface area contributed by atoms with E-state index >= 15 is 0 Å². The molecular formula is C20H16N4. The van der Waals surface area contributed by atoms with Crippen molar-refractivity contribution in [1.29, 1.82) is 0 Å². The minimum absolute atomic E-state index is 0.776. The summed E-state index contributed by atoms with van der Waals surface area (Å²) in [4.78, 5) is 16.6. The summed E-state index contributed by atoms with van der Waals surface area (Å²) in [6.45, 7) is 0. The highest BCUT2D eigenvalue weighted by atomic mass is 14.9. The number of rotatable bonds is 2. The van der Waals surface area contributed by atoms with Gasteiger partial charge >= 0.3 is 0 Å². The molecule has 24 heavy (non-hydrogen) atoms. The van der Waals surface area contributed by atoms with Crippen molar-refractivity contribution in [3.05, 3.63) is 97.6 Å². The summed E-state index contributed by atoms with van der Waals surface area (Å²) < 4.78 is 0. The Bertz CT molecular complexity index is 685. The first-order valence-corrected chi connectivity index (χ1v) is 7.58. The first-order valence-electron chi connectivity index (χ1n) is 7.58. The zero-order valence-corrected chi connectivity index (χ0v) is 13.0. The van der Waals surface area contributed by atoms with Crippen molar-refractivity contribution >= 4 is 0 Å². The van der Waals surface area contributed by atoms with Gasteiger partial charge in [0.1, 0.15) is 0 Å². The summed E-state index contributed by atoms with van der Waals surface area (Å²) in [5.74, 6) is 1.55. The van der Waals surface area contributed by atoms with E-state index in [1.807, 2.05) is 72.8 Å². The monoisotopic (exact) mass is 312 g/mol. The van der Waals surface area contributed by atoms with E-state index in [0.717, 1.165) is 22.8 Å². The van der Waals surface area contributed by atoms with Gasteiger partial charge in [0.15, 0.2) is 11.6 Å². The molecule has 0 radical (unpaired) electrons. The topological polar surface area (TPSA) is 51.6 Å². The summed E-state index contributed by atoms with van der Waals surface area (Å²) in [6, 6.07) is 23.5. The van der Waals surface area contributed by atoms with Gasteiger partial charge in [-0.05, 0) is 12.1 Å².